The molecule has 1 unspecified atom stereocenters. The number of amides is 3. The molecule has 0 spiro atoms. The maximum Gasteiger partial charge on any atom is 0.266 e. The SMILES string of the molecule is C=C1CCC(N2C(=O)c3cccc(OCc4ccc(CN5CCN(c6ccc(F)cc6)CC5)cc4)c3C2=O)C(=O)N1. The third kappa shape index (κ3) is 5.45. The van der Waals surface area contributed by atoms with Crippen molar-refractivity contribution < 1.29 is 23.5 Å². The number of nitrogens with zero attached hydrogens (tertiary/aromatic N) is 3. The molecule has 3 aliphatic rings. The Morgan fingerprint density at radius 1 is 0.878 bits per heavy atom. The Bertz CT molecular complexity index is 1500. The van der Waals surface area contributed by atoms with Gasteiger partial charge in [0.15, 0.2) is 0 Å². The largest absolute Gasteiger partial charge is 0.488 e. The van der Waals surface area contributed by atoms with Crippen LogP contribution in [0.15, 0.2) is 79.0 Å². The molecule has 2 saturated heterocycles. The molecule has 9 heteroatoms. The number of fused-ring (bicyclic) bond motifs is 1. The van der Waals surface area contributed by atoms with Gasteiger partial charge in [0.05, 0.1) is 11.1 Å². The highest BCUT2D eigenvalue weighted by Crippen LogP contribution is 2.34. The second kappa shape index (κ2) is 11.2. The molecule has 8 nitrogen and oxygen atoms in total. The van der Waals surface area contributed by atoms with E-state index < -0.39 is 23.8 Å². The smallest absolute Gasteiger partial charge is 0.266 e. The summed E-state index contributed by atoms with van der Waals surface area (Å²) < 4.78 is 19.3. The van der Waals surface area contributed by atoms with Crippen LogP contribution < -0.4 is 15.0 Å². The van der Waals surface area contributed by atoms with Gasteiger partial charge in [0, 0.05) is 44.1 Å². The molecule has 2 fully saturated rings. The van der Waals surface area contributed by atoms with Crippen molar-refractivity contribution in [2.75, 3.05) is 31.1 Å². The predicted octanol–water partition coefficient (Wildman–Crippen LogP) is 4.12. The van der Waals surface area contributed by atoms with Crippen molar-refractivity contribution >= 4 is 23.4 Å². The number of rotatable bonds is 7. The van der Waals surface area contributed by atoms with Gasteiger partial charge in [-0.2, -0.15) is 0 Å². The van der Waals surface area contributed by atoms with E-state index >= 15 is 0 Å². The van der Waals surface area contributed by atoms with Gasteiger partial charge in [-0.3, -0.25) is 24.2 Å². The highest BCUT2D eigenvalue weighted by atomic mass is 19.1. The summed E-state index contributed by atoms with van der Waals surface area (Å²) in [7, 11) is 0. The molecular weight excluding hydrogens is 523 g/mol. The van der Waals surface area contributed by atoms with Gasteiger partial charge in [0.2, 0.25) is 5.91 Å². The van der Waals surface area contributed by atoms with E-state index in [4.69, 9.17) is 4.74 Å². The zero-order chi connectivity index (χ0) is 28.5. The van der Waals surface area contributed by atoms with Gasteiger partial charge in [-0.15, -0.1) is 0 Å². The van der Waals surface area contributed by atoms with Gasteiger partial charge in [0.1, 0.15) is 24.2 Å². The van der Waals surface area contributed by atoms with Crippen LogP contribution in [0.2, 0.25) is 0 Å². The van der Waals surface area contributed by atoms with E-state index in [1.54, 1.807) is 18.2 Å². The number of hydrogen-bond donors (Lipinski definition) is 1. The fourth-order valence-corrected chi connectivity index (χ4v) is 5.66. The normalized spacial score (nSPS) is 19.4. The maximum atomic E-state index is 13.3. The Balaban J connectivity index is 1.05. The molecule has 0 aromatic heterocycles. The molecule has 1 atom stereocenters. The number of benzene rings is 3. The number of carbonyl (C=O) groups is 3. The van der Waals surface area contributed by atoms with E-state index in [0.717, 1.165) is 48.9 Å². The summed E-state index contributed by atoms with van der Waals surface area (Å²) in [5, 5.41) is 2.65. The Labute approximate surface area is 238 Å². The summed E-state index contributed by atoms with van der Waals surface area (Å²) in [5.74, 6) is -1.28. The van der Waals surface area contributed by atoms with Crippen LogP contribution in [0.5, 0.6) is 5.75 Å². The van der Waals surface area contributed by atoms with Crippen molar-refractivity contribution in [2.24, 2.45) is 0 Å². The number of halogens is 1. The summed E-state index contributed by atoms with van der Waals surface area (Å²) in [4.78, 5) is 44.6. The summed E-state index contributed by atoms with van der Waals surface area (Å²) in [5.41, 5.74) is 4.21. The van der Waals surface area contributed by atoms with Crippen LogP contribution in [0.3, 0.4) is 0 Å². The standard InChI is InChI=1S/C32H31FN4O4/c1-21-5-14-27(30(38)34-21)37-31(39)26-3-2-4-28(29(26)32(37)40)41-20-23-8-6-22(7-9-23)19-35-15-17-36(18-16-35)25-12-10-24(33)11-13-25/h2-4,6-13,27H,1,5,14-20H2,(H,34,38). The second-order valence-corrected chi connectivity index (χ2v) is 10.7. The molecule has 0 radical (unpaired) electrons. The number of allylic oxidation sites excluding steroid dienone is 1. The number of nitrogens with one attached hydrogen (secondary N) is 1. The van der Waals surface area contributed by atoms with Gasteiger partial charge in [-0.1, -0.05) is 36.9 Å². The molecular formula is C32H31FN4O4. The average molecular weight is 555 g/mol. The zero-order valence-corrected chi connectivity index (χ0v) is 22.6. The zero-order valence-electron chi connectivity index (χ0n) is 22.6. The van der Waals surface area contributed by atoms with E-state index in [2.05, 4.69) is 33.8 Å². The molecule has 0 bridgehead atoms. The Morgan fingerprint density at radius 3 is 2.29 bits per heavy atom. The van der Waals surface area contributed by atoms with Gasteiger partial charge in [0.25, 0.3) is 11.8 Å². The molecule has 3 heterocycles. The second-order valence-electron chi connectivity index (χ2n) is 10.7. The minimum Gasteiger partial charge on any atom is -0.488 e. The number of carbonyl (C=O) groups excluding carboxylic acids is 3. The molecule has 3 aromatic rings. The lowest BCUT2D eigenvalue weighted by atomic mass is 10.0. The predicted molar refractivity (Wildman–Crippen MR) is 152 cm³/mol. The molecule has 3 aliphatic heterocycles. The fraction of sp³-hybridized carbons (Fsp3) is 0.281. The van der Waals surface area contributed by atoms with Gasteiger partial charge < -0.3 is 15.0 Å². The first kappa shape index (κ1) is 26.7. The number of imide groups is 1. The monoisotopic (exact) mass is 554 g/mol. The quantitative estimate of drug-likeness (QED) is 0.443. The van der Waals surface area contributed by atoms with Crippen LogP contribution in [0.1, 0.15) is 44.7 Å². The van der Waals surface area contributed by atoms with E-state index in [9.17, 15) is 18.8 Å². The lowest BCUT2D eigenvalue weighted by Crippen LogP contribution is -2.51. The fourth-order valence-electron chi connectivity index (χ4n) is 5.66. The van der Waals surface area contributed by atoms with Gasteiger partial charge in [-0.25, -0.2) is 4.39 Å². The molecule has 0 aliphatic carbocycles. The van der Waals surface area contributed by atoms with Crippen LogP contribution in [-0.2, 0) is 17.9 Å². The topological polar surface area (TPSA) is 82.2 Å². The lowest BCUT2D eigenvalue weighted by molar-refractivity contribution is -0.125. The van der Waals surface area contributed by atoms with E-state index in [1.165, 1.54) is 17.7 Å². The molecule has 41 heavy (non-hydrogen) atoms. The van der Waals surface area contributed by atoms with Crippen molar-refractivity contribution in [3.63, 3.8) is 0 Å². The van der Waals surface area contributed by atoms with Crippen molar-refractivity contribution in [1.29, 1.82) is 0 Å². The van der Waals surface area contributed by atoms with E-state index in [1.807, 2.05) is 24.3 Å². The van der Waals surface area contributed by atoms with Gasteiger partial charge >= 0.3 is 0 Å². The molecule has 6 rings (SSSR count). The first-order valence-corrected chi connectivity index (χ1v) is 13.8. The number of piperidine rings is 1. The number of anilines is 1. The minimum absolute atomic E-state index is 0.200. The van der Waals surface area contributed by atoms with Crippen LogP contribution >= 0.6 is 0 Å². The van der Waals surface area contributed by atoms with Crippen molar-refractivity contribution in [3.05, 3.63) is 107 Å². The molecule has 3 aromatic carbocycles. The first-order valence-electron chi connectivity index (χ1n) is 13.8. The molecule has 0 saturated carbocycles. The summed E-state index contributed by atoms with van der Waals surface area (Å²) >= 11 is 0. The number of ether oxygens (including phenoxy) is 1. The Hall–Kier alpha value is -4.50. The Kier molecular flexibility index (Phi) is 7.28. The van der Waals surface area contributed by atoms with Crippen LogP contribution in [0.4, 0.5) is 10.1 Å². The molecule has 210 valence electrons. The van der Waals surface area contributed by atoms with Gasteiger partial charge in [-0.05, 0) is 60.4 Å². The van der Waals surface area contributed by atoms with Crippen LogP contribution in [0.25, 0.3) is 0 Å². The Morgan fingerprint density at radius 2 is 1.59 bits per heavy atom. The summed E-state index contributed by atoms with van der Waals surface area (Å²) in [6, 6.07) is 18.9. The minimum atomic E-state index is -0.862. The summed E-state index contributed by atoms with van der Waals surface area (Å²) in [6.45, 7) is 8.45. The third-order valence-electron chi connectivity index (χ3n) is 7.93. The number of hydrogen-bond acceptors (Lipinski definition) is 6. The molecule has 3 amide bonds. The van der Waals surface area contributed by atoms with Crippen molar-refractivity contribution in [1.82, 2.24) is 15.1 Å². The van der Waals surface area contributed by atoms with Crippen LogP contribution in [-0.4, -0.2) is 59.7 Å². The highest BCUT2D eigenvalue weighted by Gasteiger charge is 2.45. The highest BCUT2D eigenvalue weighted by molar-refractivity contribution is 6.24. The maximum absolute atomic E-state index is 13.3. The lowest BCUT2D eigenvalue weighted by Gasteiger charge is -2.36. The van der Waals surface area contributed by atoms with E-state index in [0.29, 0.717) is 24.3 Å². The van der Waals surface area contributed by atoms with Crippen molar-refractivity contribution in [2.45, 2.75) is 32.0 Å². The average Bonchev–Trinajstić information content (AvgIpc) is 3.23. The first-order chi connectivity index (χ1) is 19.9. The van der Waals surface area contributed by atoms with Crippen LogP contribution in [0, 0.1) is 5.82 Å². The summed E-state index contributed by atoms with van der Waals surface area (Å²) in [6.07, 6.45) is 0.859. The number of piperazine rings is 1. The third-order valence-corrected chi connectivity index (χ3v) is 7.93. The molecule has 1 N–H and O–H groups in total. The van der Waals surface area contributed by atoms with E-state index in [-0.39, 0.29) is 23.6 Å². The van der Waals surface area contributed by atoms with Crippen molar-refractivity contribution in [3.8, 4) is 5.75 Å².